The van der Waals surface area contributed by atoms with Crippen LogP contribution < -0.4 is 10.6 Å². The van der Waals surface area contributed by atoms with E-state index in [0.29, 0.717) is 5.69 Å². The second-order valence-electron chi connectivity index (χ2n) is 6.50. The SMILES string of the molecule is Cc1ccc(NC(=O)C(=O)NC2CCCC2(C)CO)c(C)c1. The molecule has 2 amide bonds. The average molecular weight is 304 g/mol. The molecule has 2 atom stereocenters. The van der Waals surface area contributed by atoms with Gasteiger partial charge in [0.25, 0.3) is 0 Å². The van der Waals surface area contributed by atoms with Gasteiger partial charge in [-0.05, 0) is 38.3 Å². The first-order valence-corrected chi connectivity index (χ1v) is 7.66. The largest absolute Gasteiger partial charge is 0.396 e. The lowest BCUT2D eigenvalue weighted by Gasteiger charge is -2.29. The quantitative estimate of drug-likeness (QED) is 0.746. The topological polar surface area (TPSA) is 78.4 Å². The van der Waals surface area contributed by atoms with Gasteiger partial charge in [-0.25, -0.2) is 0 Å². The Morgan fingerprint density at radius 1 is 1.32 bits per heavy atom. The van der Waals surface area contributed by atoms with Crippen LogP contribution in [-0.4, -0.2) is 29.6 Å². The molecule has 5 nitrogen and oxygen atoms in total. The number of rotatable bonds is 3. The summed E-state index contributed by atoms with van der Waals surface area (Å²) in [6, 6.07) is 5.48. The van der Waals surface area contributed by atoms with Crippen molar-refractivity contribution in [2.75, 3.05) is 11.9 Å². The van der Waals surface area contributed by atoms with Crippen molar-refractivity contribution in [3.05, 3.63) is 29.3 Å². The van der Waals surface area contributed by atoms with Crippen LogP contribution in [0.4, 0.5) is 5.69 Å². The summed E-state index contributed by atoms with van der Waals surface area (Å²) in [7, 11) is 0. The van der Waals surface area contributed by atoms with Gasteiger partial charge in [0.05, 0.1) is 6.61 Å². The van der Waals surface area contributed by atoms with Gasteiger partial charge in [-0.1, -0.05) is 31.0 Å². The van der Waals surface area contributed by atoms with E-state index in [1.165, 1.54) is 0 Å². The smallest absolute Gasteiger partial charge is 0.313 e. The lowest BCUT2D eigenvalue weighted by molar-refractivity contribution is -0.137. The molecule has 1 aromatic carbocycles. The van der Waals surface area contributed by atoms with E-state index in [4.69, 9.17) is 0 Å². The number of carbonyl (C=O) groups excluding carboxylic acids is 2. The summed E-state index contributed by atoms with van der Waals surface area (Å²) in [5.74, 6) is -1.31. The predicted molar refractivity (Wildman–Crippen MR) is 85.5 cm³/mol. The normalized spacial score (nSPS) is 24.1. The van der Waals surface area contributed by atoms with Crippen LogP contribution in [-0.2, 0) is 9.59 Å². The van der Waals surface area contributed by atoms with E-state index in [1.807, 2.05) is 32.9 Å². The molecule has 22 heavy (non-hydrogen) atoms. The Morgan fingerprint density at radius 3 is 2.68 bits per heavy atom. The molecule has 1 saturated carbocycles. The molecule has 120 valence electrons. The molecule has 2 unspecified atom stereocenters. The summed E-state index contributed by atoms with van der Waals surface area (Å²) in [5.41, 5.74) is 2.32. The van der Waals surface area contributed by atoms with Crippen LogP contribution in [0.15, 0.2) is 18.2 Å². The van der Waals surface area contributed by atoms with Crippen molar-refractivity contribution in [3.8, 4) is 0 Å². The minimum absolute atomic E-state index is 0.0106. The van der Waals surface area contributed by atoms with Crippen LogP contribution in [0.25, 0.3) is 0 Å². The zero-order valence-corrected chi connectivity index (χ0v) is 13.4. The molecule has 0 bridgehead atoms. The Labute approximate surface area is 131 Å². The lowest BCUT2D eigenvalue weighted by Crippen LogP contribution is -2.48. The van der Waals surface area contributed by atoms with E-state index in [1.54, 1.807) is 6.07 Å². The third-order valence-corrected chi connectivity index (χ3v) is 4.58. The van der Waals surface area contributed by atoms with Crippen LogP contribution in [0.1, 0.15) is 37.3 Å². The molecule has 1 aromatic rings. The van der Waals surface area contributed by atoms with Crippen molar-refractivity contribution in [2.24, 2.45) is 5.41 Å². The summed E-state index contributed by atoms with van der Waals surface area (Å²) in [4.78, 5) is 24.1. The zero-order valence-electron chi connectivity index (χ0n) is 13.4. The standard InChI is InChI=1S/C17H24N2O3/c1-11-6-7-13(12(2)9-11)18-15(21)16(22)19-14-5-4-8-17(14,3)10-20/h6-7,9,14,20H,4-5,8,10H2,1-3H3,(H,18,21)(H,19,22). The maximum Gasteiger partial charge on any atom is 0.313 e. The number of benzene rings is 1. The van der Waals surface area contributed by atoms with E-state index in [-0.39, 0.29) is 18.1 Å². The fourth-order valence-corrected chi connectivity index (χ4v) is 3.03. The molecule has 0 aliphatic heterocycles. The predicted octanol–water partition coefficient (Wildman–Crippen LogP) is 1.91. The van der Waals surface area contributed by atoms with E-state index < -0.39 is 11.8 Å². The van der Waals surface area contributed by atoms with Gasteiger partial charge in [-0.15, -0.1) is 0 Å². The van der Waals surface area contributed by atoms with Crippen molar-refractivity contribution >= 4 is 17.5 Å². The highest BCUT2D eigenvalue weighted by molar-refractivity contribution is 6.39. The molecular formula is C17H24N2O3. The molecule has 1 aliphatic rings. The summed E-state index contributed by atoms with van der Waals surface area (Å²) in [5, 5.41) is 14.9. The van der Waals surface area contributed by atoms with Crippen LogP contribution in [0.3, 0.4) is 0 Å². The molecule has 0 saturated heterocycles. The van der Waals surface area contributed by atoms with Crippen molar-refractivity contribution < 1.29 is 14.7 Å². The number of nitrogens with one attached hydrogen (secondary N) is 2. The number of carbonyl (C=O) groups is 2. The number of amides is 2. The third kappa shape index (κ3) is 3.47. The molecule has 3 N–H and O–H groups in total. The Kier molecular flexibility index (Phi) is 4.86. The van der Waals surface area contributed by atoms with Crippen LogP contribution in [0, 0.1) is 19.3 Å². The zero-order chi connectivity index (χ0) is 16.3. The molecule has 1 aliphatic carbocycles. The summed E-state index contributed by atoms with van der Waals surface area (Å²) in [6.07, 6.45) is 2.59. The Morgan fingerprint density at radius 2 is 2.05 bits per heavy atom. The number of aliphatic hydroxyl groups excluding tert-OH is 1. The summed E-state index contributed by atoms with van der Waals surface area (Å²) < 4.78 is 0. The van der Waals surface area contributed by atoms with Gasteiger partial charge in [-0.3, -0.25) is 9.59 Å². The molecule has 0 aromatic heterocycles. The fraction of sp³-hybridized carbons (Fsp3) is 0.529. The van der Waals surface area contributed by atoms with Gasteiger partial charge >= 0.3 is 11.8 Å². The van der Waals surface area contributed by atoms with Gasteiger partial charge in [0, 0.05) is 17.1 Å². The number of aliphatic hydroxyl groups is 1. The molecule has 0 heterocycles. The first-order chi connectivity index (χ1) is 10.4. The molecule has 1 fully saturated rings. The van der Waals surface area contributed by atoms with Crippen molar-refractivity contribution in [2.45, 2.75) is 46.1 Å². The number of hydrogen-bond donors (Lipinski definition) is 3. The van der Waals surface area contributed by atoms with Crippen molar-refractivity contribution in [1.82, 2.24) is 5.32 Å². The molecule has 2 rings (SSSR count). The van der Waals surface area contributed by atoms with E-state index in [0.717, 1.165) is 30.4 Å². The Balaban J connectivity index is 1.99. The summed E-state index contributed by atoms with van der Waals surface area (Å²) >= 11 is 0. The minimum Gasteiger partial charge on any atom is -0.396 e. The van der Waals surface area contributed by atoms with Crippen LogP contribution in [0.2, 0.25) is 0 Å². The van der Waals surface area contributed by atoms with Gasteiger partial charge in [0.2, 0.25) is 0 Å². The minimum atomic E-state index is -0.667. The highest BCUT2D eigenvalue weighted by Gasteiger charge is 2.39. The van der Waals surface area contributed by atoms with Crippen LogP contribution >= 0.6 is 0 Å². The van der Waals surface area contributed by atoms with E-state index >= 15 is 0 Å². The maximum atomic E-state index is 12.1. The molecule has 5 heteroatoms. The average Bonchev–Trinajstić information content (AvgIpc) is 2.83. The molecular weight excluding hydrogens is 280 g/mol. The highest BCUT2D eigenvalue weighted by Crippen LogP contribution is 2.37. The van der Waals surface area contributed by atoms with Gasteiger partial charge in [0.1, 0.15) is 0 Å². The second kappa shape index (κ2) is 6.48. The van der Waals surface area contributed by atoms with Crippen LogP contribution in [0.5, 0.6) is 0 Å². The fourth-order valence-electron chi connectivity index (χ4n) is 3.03. The third-order valence-electron chi connectivity index (χ3n) is 4.58. The second-order valence-corrected chi connectivity index (χ2v) is 6.50. The van der Waals surface area contributed by atoms with E-state index in [2.05, 4.69) is 10.6 Å². The first-order valence-electron chi connectivity index (χ1n) is 7.66. The lowest BCUT2D eigenvalue weighted by atomic mass is 9.86. The van der Waals surface area contributed by atoms with Crippen molar-refractivity contribution in [1.29, 1.82) is 0 Å². The monoisotopic (exact) mass is 304 g/mol. The van der Waals surface area contributed by atoms with Gasteiger partial charge in [-0.2, -0.15) is 0 Å². The first kappa shape index (κ1) is 16.5. The Hall–Kier alpha value is -1.88. The Bertz CT molecular complexity index is 585. The molecule has 0 spiro atoms. The van der Waals surface area contributed by atoms with Gasteiger partial charge in [0.15, 0.2) is 0 Å². The number of anilines is 1. The molecule has 0 radical (unpaired) electrons. The van der Waals surface area contributed by atoms with E-state index in [9.17, 15) is 14.7 Å². The number of aryl methyl sites for hydroxylation is 2. The number of hydrogen-bond acceptors (Lipinski definition) is 3. The maximum absolute atomic E-state index is 12.1. The van der Waals surface area contributed by atoms with Crippen molar-refractivity contribution in [3.63, 3.8) is 0 Å². The van der Waals surface area contributed by atoms with Gasteiger partial charge < -0.3 is 15.7 Å². The highest BCUT2D eigenvalue weighted by atomic mass is 16.3. The summed E-state index contributed by atoms with van der Waals surface area (Å²) in [6.45, 7) is 5.81.